The molecular formula is C23H22ClNO6. The molecule has 0 amide bonds. The van der Waals surface area contributed by atoms with Gasteiger partial charge in [0.1, 0.15) is 17.2 Å². The number of aryl methyl sites for hydroxylation is 1. The summed E-state index contributed by atoms with van der Waals surface area (Å²) < 4.78 is 22.4. The minimum atomic E-state index is -0.225. The van der Waals surface area contributed by atoms with Gasteiger partial charge in [-0.3, -0.25) is 9.69 Å². The molecule has 31 heavy (non-hydrogen) atoms. The molecule has 7 nitrogen and oxygen atoms in total. The first-order valence-corrected chi connectivity index (χ1v) is 10.5. The lowest BCUT2D eigenvalue weighted by Gasteiger charge is -2.27. The zero-order valence-corrected chi connectivity index (χ0v) is 17.8. The number of benzene rings is 2. The third kappa shape index (κ3) is 3.78. The first-order valence-electron chi connectivity index (χ1n) is 10.1. The number of allylic oxidation sites excluding steroid dienone is 1. The summed E-state index contributed by atoms with van der Waals surface area (Å²) >= 11 is 6.26. The van der Waals surface area contributed by atoms with Gasteiger partial charge in [0.25, 0.3) is 0 Å². The fourth-order valence-electron chi connectivity index (χ4n) is 4.17. The van der Waals surface area contributed by atoms with E-state index in [1.807, 2.05) is 0 Å². The maximum absolute atomic E-state index is 13.2. The van der Waals surface area contributed by atoms with Crippen molar-refractivity contribution in [2.45, 2.75) is 20.1 Å². The highest BCUT2D eigenvalue weighted by molar-refractivity contribution is 6.31. The van der Waals surface area contributed by atoms with E-state index in [1.54, 1.807) is 31.2 Å². The minimum absolute atomic E-state index is 0.123. The monoisotopic (exact) mass is 443 g/mol. The number of aromatic hydroxyl groups is 1. The molecule has 0 aromatic heterocycles. The minimum Gasteiger partial charge on any atom is -0.507 e. The van der Waals surface area contributed by atoms with Crippen molar-refractivity contribution in [3.05, 3.63) is 56.8 Å². The average molecular weight is 444 g/mol. The Kier molecular flexibility index (Phi) is 5.35. The van der Waals surface area contributed by atoms with Crippen LogP contribution in [0.4, 0.5) is 0 Å². The van der Waals surface area contributed by atoms with Crippen molar-refractivity contribution in [1.82, 2.24) is 4.90 Å². The number of fused-ring (bicyclic) bond motifs is 2. The van der Waals surface area contributed by atoms with Crippen molar-refractivity contribution in [2.24, 2.45) is 0 Å². The lowest BCUT2D eigenvalue weighted by Crippen LogP contribution is -2.35. The third-order valence-corrected chi connectivity index (χ3v) is 5.91. The van der Waals surface area contributed by atoms with Crippen LogP contribution in [0.2, 0.25) is 5.02 Å². The lowest BCUT2D eigenvalue weighted by molar-refractivity contribution is -0.0165. The first kappa shape index (κ1) is 20.3. The molecule has 0 saturated carbocycles. The second-order valence-corrected chi connectivity index (χ2v) is 8.25. The van der Waals surface area contributed by atoms with Gasteiger partial charge in [-0.05, 0) is 36.8 Å². The van der Waals surface area contributed by atoms with Crippen molar-refractivity contribution in [3.8, 4) is 17.2 Å². The summed E-state index contributed by atoms with van der Waals surface area (Å²) in [6, 6.07) is 5.14. The number of halogens is 1. The molecule has 0 bridgehead atoms. The van der Waals surface area contributed by atoms with Gasteiger partial charge in [0.2, 0.25) is 5.78 Å². The Bertz CT molecular complexity index is 1090. The average Bonchev–Trinajstić information content (AvgIpc) is 3.08. The predicted molar refractivity (Wildman–Crippen MR) is 114 cm³/mol. The number of carbonyl (C=O) groups excluding carboxylic acids is 1. The van der Waals surface area contributed by atoms with Gasteiger partial charge in [-0.25, -0.2) is 0 Å². The number of ether oxygens (including phenoxy) is 4. The Balaban J connectivity index is 1.53. The van der Waals surface area contributed by atoms with Crippen LogP contribution in [0.25, 0.3) is 6.08 Å². The number of morpholine rings is 1. The van der Waals surface area contributed by atoms with Crippen LogP contribution in [0.1, 0.15) is 32.6 Å². The van der Waals surface area contributed by atoms with E-state index >= 15 is 0 Å². The highest BCUT2D eigenvalue weighted by Crippen LogP contribution is 2.43. The van der Waals surface area contributed by atoms with E-state index in [9.17, 15) is 9.90 Å². The highest BCUT2D eigenvalue weighted by atomic mass is 35.5. The molecule has 3 aliphatic heterocycles. The standard InChI is InChI=1S/C23H22ClNO6/c1-13-6-18(26)17(10-25-2-4-28-5-3-25)23-20(13)21(27)19(31-23)9-14-7-16(24)8-15-11-29-12-30-22(14)15/h6-9,26H,2-5,10-12H2,1H3/b19-9-. The molecule has 8 heteroatoms. The molecule has 2 aromatic carbocycles. The normalized spacial score (nSPS) is 19.7. The molecule has 2 aromatic rings. The van der Waals surface area contributed by atoms with Crippen LogP contribution >= 0.6 is 11.6 Å². The molecule has 0 atom stereocenters. The van der Waals surface area contributed by atoms with E-state index in [0.29, 0.717) is 65.1 Å². The molecule has 3 heterocycles. The Morgan fingerprint density at radius 1 is 1.16 bits per heavy atom. The molecule has 162 valence electrons. The van der Waals surface area contributed by atoms with Crippen molar-refractivity contribution in [3.63, 3.8) is 0 Å². The number of phenolic OH excluding ortho intramolecular Hbond substituents is 1. The van der Waals surface area contributed by atoms with Crippen LogP contribution in [0.15, 0.2) is 24.0 Å². The largest absolute Gasteiger partial charge is 0.507 e. The van der Waals surface area contributed by atoms with Crippen molar-refractivity contribution < 1.29 is 28.8 Å². The van der Waals surface area contributed by atoms with Crippen LogP contribution in [0.5, 0.6) is 17.2 Å². The number of hydrogen-bond donors (Lipinski definition) is 1. The fraction of sp³-hybridized carbons (Fsp3) is 0.348. The van der Waals surface area contributed by atoms with E-state index in [1.165, 1.54) is 0 Å². The van der Waals surface area contributed by atoms with Gasteiger partial charge in [0.15, 0.2) is 12.6 Å². The van der Waals surface area contributed by atoms with E-state index in [-0.39, 0.29) is 24.1 Å². The molecule has 0 spiro atoms. The number of rotatable bonds is 3. The molecule has 0 unspecified atom stereocenters. The molecule has 1 N–H and O–H groups in total. The SMILES string of the molecule is Cc1cc(O)c(CN2CCOCC2)c2c1C(=O)/C(=C/c1cc(Cl)cc3c1OCOC3)O2. The molecule has 0 radical (unpaired) electrons. The number of nitrogens with zero attached hydrogens (tertiary/aromatic N) is 1. The van der Waals surface area contributed by atoms with Crippen LogP contribution in [-0.2, 0) is 22.6 Å². The third-order valence-electron chi connectivity index (χ3n) is 5.70. The summed E-state index contributed by atoms with van der Waals surface area (Å²) in [4.78, 5) is 15.4. The summed E-state index contributed by atoms with van der Waals surface area (Å²) in [7, 11) is 0. The van der Waals surface area contributed by atoms with Gasteiger partial charge in [0.05, 0.1) is 30.9 Å². The number of Topliss-reactive ketones (excluding diaryl/α,β-unsaturated/α-hetero) is 1. The van der Waals surface area contributed by atoms with Crippen molar-refractivity contribution >= 4 is 23.5 Å². The zero-order valence-electron chi connectivity index (χ0n) is 17.1. The Hall–Kier alpha value is -2.58. The molecule has 3 aliphatic rings. The summed E-state index contributed by atoms with van der Waals surface area (Å²) in [5.74, 6) is 1.12. The van der Waals surface area contributed by atoms with E-state index < -0.39 is 0 Å². The van der Waals surface area contributed by atoms with Crippen molar-refractivity contribution in [2.75, 3.05) is 33.1 Å². The first-order chi connectivity index (χ1) is 15.0. The maximum Gasteiger partial charge on any atom is 0.232 e. The van der Waals surface area contributed by atoms with E-state index in [0.717, 1.165) is 18.7 Å². The number of ketones is 1. The Morgan fingerprint density at radius 2 is 1.97 bits per heavy atom. The Morgan fingerprint density at radius 3 is 2.77 bits per heavy atom. The zero-order chi connectivity index (χ0) is 21.5. The molecule has 1 fully saturated rings. The van der Waals surface area contributed by atoms with Gasteiger partial charge in [-0.2, -0.15) is 0 Å². The molecule has 1 saturated heterocycles. The number of phenols is 1. The summed E-state index contributed by atoms with van der Waals surface area (Å²) in [6.45, 7) is 5.59. The van der Waals surface area contributed by atoms with E-state index in [2.05, 4.69) is 4.90 Å². The van der Waals surface area contributed by atoms with Gasteiger partial charge >= 0.3 is 0 Å². The summed E-state index contributed by atoms with van der Waals surface area (Å²) in [6.07, 6.45) is 1.65. The van der Waals surface area contributed by atoms with Gasteiger partial charge in [0, 0.05) is 35.8 Å². The van der Waals surface area contributed by atoms with Crippen LogP contribution < -0.4 is 9.47 Å². The predicted octanol–water partition coefficient (Wildman–Crippen LogP) is 3.67. The van der Waals surface area contributed by atoms with Gasteiger partial charge in [-0.15, -0.1) is 0 Å². The second kappa shape index (κ2) is 8.16. The maximum atomic E-state index is 13.2. The topological polar surface area (TPSA) is 77.5 Å². The number of carbonyl (C=O) groups is 1. The van der Waals surface area contributed by atoms with Crippen LogP contribution in [0.3, 0.4) is 0 Å². The smallest absolute Gasteiger partial charge is 0.232 e. The molecular weight excluding hydrogens is 422 g/mol. The highest BCUT2D eigenvalue weighted by Gasteiger charge is 2.34. The second-order valence-electron chi connectivity index (χ2n) is 7.82. The van der Waals surface area contributed by atoms with Crippen molar-refractivity contribution in [1.29, 1.82) is 0 Å². The van der Waals surface area contributed by atoms with Gasteiger partial charge in [-0.1, -0.05) is 11.6 Å². The molecule has 0 aliphatic carbocycles. The fourth-order valence-corrected chi connectivity index (χ4v) is 4.42. The van der Waals surface area contributed by atoms with Gasteiger partial charge < -0.3 is 24.1 Å². The van der Waals surface area contributed by atoms with E-state index in [4.69, 9.17) is 30.5 Å². The van der Waals surface area contributed by atoms with Crippen LogP contribution in [0, 0.1) is 6.92 Å². The Labute approximate surface area is 184 Å². The summed E-state index contributed by atoms with van der Waals surface area (Å²) in [5, 5.41) is 11.1. The number of hydrogen-bond acceptors (Lipinski definition) is 7. The lowest BCUT2D eigenvalue weighted by atomic mass is 9.98. The molecule has 5 rings (SSSR count). The quantitative estimate of drug-likeness (QED) is 0.725. The van der Waals surface area contributed by atoms with Crippen LogP contribution in [-0.4, -0.2) is 48.9 Å². The summed E-state index contributed by atoms with van der Waals surface area (Å²) in [5.41, 5.74) is 3.22.